The van der Waals surface area contributed by atoms with Crippen molar-refractivity contribution in [3.63, 3.8) is 0 Å². The highest BCUT2D eigenvalue weighted by Crippen LogP contribution is 2.50. The van der Waals surface area contributed by atoms with Crippen molar-refractivity contribution in [3.05, 3.63) is 108 Å². The Morgan fingerprint density at radius 1 is 0.481 bits per heavy atom. The van der Waals surface area contributed by atoms with E-state index in [2.05, 4.69) is 26.3 Å². The van der Waals surface area contributed by atoms with Crippen molar-refractivity contribution in [2.45, 2.75) is 13.8 Å². The van der Waals surface area contributed by atoms with Gasteiger partial charge in [0.1, 0.15) is 37.9 Å². The quantitative estimate of drug-likeness (QED) is 0.0410. The molecule has 54 heavy (non-hydrogen) atoms. The highest BCUT2D eigenvalue weighted by Gasteiger charge is 2.32. The van der Waals surface area contributed by atoms with Crippen molar-refractivity contribution in [1.29, 1.82) is 0 Å². The summed E-state index contributed by atoms with van der Waals surface area (Å²) in [6.45, 7) is 17.4. The van der Waals surface area contributed by atoms with E-state index in [4.69, 9.17) is 47.4 Å². The number of ether oxygens (including phenoxy) is 10. The Morgan fingerprint density at radius 3 is 1.07 bits per heavy atom. The number of carbonyl (C=O) groups is 4. The molecule has 280 valence electrons. The molecule has 0 atom stereocenters. The van der Waals surface area contributed by atoms with Gasteiger partial charge in [0.2, 0.25) is 0 Å². The van der Waals surface area contributed by atoms with Crippen LogP contribution < -0.4 is 28.4 Å². The van der Waals surface area contributed by atoms with Gasteiger partial charge in [-0.3, -0.25) is 0 Å². The van der Waals surface area contributed by atoms with Crippen LogP contribution in [0.2, 0.25) is 0 Å². The summed E-state index contributed by atoms with van der Waals surface area (Å²) in [5.74, 6) is -0.0739. The van der Waals surface area contributed by atoms with Gasteiger partial charge in [0.25, 0.3) is 0 Å². The van der Waals surface area contributed by atoms with Gasteiger partial charge in [0, 0.05) is 31.6 Å². The van der Waals surface area contributed by atoms with Crippen LogP contribution in [0.4, 0.5) is 19.2 Å². The summed E-state index contributed by atoms with van der Waals surface area (Å²) in [4.78, 5) is 52.8. The van der Waals surface area contributed by atoms with Gasteiger partial charge in [-0.25, -0.2) is 19.2 Å². The van der Waals surface area contributed by atoms with Crippen LogP contribution in [0.25, 0.3) is 21.5 Å². The Balaban J connectivity index is 2.09. The molecular weight excluding hydrogens is 704 g/mol. The normalized spacial score (nSPS) is 10.7. The molecule has 4 aromatic carbocycles. The van der Waals surface area contributed by atoms with Crippen LogP contribution in [-0.2, 0) is 18.9 Å². The molecule has 0 saturated carbocycles. The van der Waals surface area contributed by atoms with Crippen LogP contribution in [0.5, 0.6) is 34.5 Å². The lowest BCUT2D eigenvalue weighted by atomic mass is 9.90. The second-order valence-electron chi connectivity index (χ2n) is 10.8. The summed E-state index contributed by atoms with van der Waals surface area (Å²) in [6, 6.07) is 9.66. The number of benzene rings is 4. The zero-order valence-electron chi connectivity index (χ0n) is 29.6. The molecule has 0 spiro atoms. The molecule has 1 aliphatic carbocycles. The van der Waals surface area contributed by atoms with Gasteiger partial charge in [0.05, 0.1) is 24.0 Å². The average molecular weight is 741 g/mol. The van der Waals surface area contributed by atoms with Crippen LogP contribution >= 0.6 is 0 Å². The maximum Gasteiger partial charge on any atom is 0.514 e. The van der Waals surface area contributed by atoms with Crippen LogP contribution in [0.3, 0.4) is 0 Å². The van der Waals surface area contributed by atoms with Crippen molar-refractivity contribution in [3.8, 4) is 34.5 Å². The van der Waals surface area contributed by atoms with Gasteiger partial charge in [0.15, 0.2) is 23.0 Å². The molecular formula is C40H36O14. The molecule has 0 bridgehead atoms. The van der Waals surface area contributed by atoms with Crippen molar-refractivity contribution in [1.82, 2.24) is 0 Å². The van der Waals surface area contributed by atoms with E-state index in [1.807, 2.05) is 0 Å². The molecule has 0 aromatic heterocycles. The molecule has 0 aliphatic heterocycles. The first kappa shape index (κ1) is 38.3. The Kier molecular flexibility index (Phi) is 12.4. The molecule has 1 aliphatic rings. The Hall–Kier alpha value is -6.96. The molecule has 0 radical (unpaired) electrons. The third kappa shape index (κ3) is 7.62. The van der Waals surface area contributed by atoms with Crippen LogP contribution in [0.1, 0.15) is 13.8 Å². The molecule has 14 nitrogen and oxygen atoms in total. The second kappa shape index (κ2) is 17.5. The monoisotopic (exact) mass is 740 g/mol. The molecule has 0 fully saturated rings. The summed E-state index contributed by atoms with van der Waals surface area (Å²) in [7, 11) is 0. The maximum absolute atomic E-state index is 13.2. The summed E-state index contributed by atoms with van der Waals surface area (Å²) in [5.41, 5.74) is 0. The average Bonchev–Trinajstić information content (AvgIpc) is 3.15. The number of hydrogen-bond acceptors (Lipinski definition) is 14. The van der Waals surface area contributed by atoms with Crippen LogP contribution in [0.15, 0.2) is 87.0 Å². The lowest BCUT2D eigenvalue weighted by Crippen LogP contribution is -2.18. The van der Waals surface area contributed by atoms with Gasteiger partial charge < -0.3 is 47.4 Å². The standard InChI is InChI=1S/C40H36O14/c1-7-19-47-37(41)51-33-23-15-13-17-25(45-11-5)27(23)35(53-39(43)49-21-9-3)31-29(33)30-32(31)36(54-40(44)50-22-10-4)28-24(16-14-18-26(28)46-12-6)34(30)52-38(42)48-20-8-2/h7-10,13-18H,1-4,11-12,19-22H2,5-6H3. The van der Waals surface area contributed by atoms with Gasteiger partial charge in [-0.15, -0.1) is 0 Å². The maximum atomic E-state index is 13.2. The zero-order chi connectivity index (χ0) is 38.8. The van der Waals surface area contributed by atoms with Gasteiger partial charge in [-0.1, -0.05) is 74.9 Å². The van der Waals surface area contributed by atoms with Gasteiger partial charge in [-0.05, 0) is 26.0 Å². The molecule has 14 heteroatoms. The van der Waals surface area contributed by atoms with E-state index in [0.29, 0.717) is 0 Å². The molecule has 5 rings (SSSR count). The SMILES string of the molecule is C=CCOC(=O)Oc1c2c(c(OC(=O)OCC=C)c3c(OCC)cccc13)=c1c(OC(=O)OCC=C)c3c(OCC)cccc3c(OC(=O)OCC=C)c1=2. The lowest BCUT2D eigenvalue weighted by molar-refractivity contribution is 0.106. The third-order valence-corrected chi connectivity index (χ3v) is 7.52. The molecule has 0 amide bonds. The summed E-state index contributed by atoms with van der Waals surface area (Å²) < 4.78 is 56.3. The van der Waals surface area contributed by atoms with E-state index < -0.39 is 24.6 Å². The van der Waals surface area contributed by atoms with Crippen molar-refractivity contribution in [2.24, 2.45) is 0 Å². The highest BCUT2D eigenvalue weighted by atomic mass is 16.7. The van der Waals surface area contributed by atoms with E-state index in [0.717, 1.165) is 0 Å². The van der Waals surface area contributed by atoms with E-state index in [1.54, 1.807) is 50.2 Å². The van der Waals surface area contributed by atoms with E-state index in [9.17, 15) is 19.2 Å². The minimum atomic E-state index is -1.13. The van der Waals surface area contributed by atoms with Gasteiger partial charge >= 0.3 is 24.6 Å². The first-order chi connectivity index (χ1) is 26.2. The van der Waals surface area contributed by atoms with Crippen LogP contribution in [0, 0.1) is 20.9 Å². The predicted molar refractivity (Wildman–Crippen MR) is 194 cm³/mol. The third-order valence-electron chi connectivity index (χ3n) is 7.52. The highest BCUT2D eigenvalue weighted by molar-refractivity contribution is 6.04. The molecule has 0 heterocycles. The summed E-state index contributed by atoms with van der Waals surface area (Å²) >= 11 is 0. The summed E-state index contributed by atoms with van der Waals surface area (Å²) in [5, 5.41) is 1.06. The van der Waals surface area contributed by atoms with E-state index >= 15 is 0 Å². The lowest BCUT2D eigenvalue weighted by Gasteiger charge is -2.23. The predicted octanol–water partition coefficient (Wildman–Crippen LogP) is 8.48. The fraction of sp³-hybridized carbons (Fsp3) is 0.200. The summed E-state index contributed by atoms with van der Waals surface area (Å²) in [6.07, 6.45) is 0.890. The minimum Gasteiger partial charge on any atom is -0.493 e. The van der Waals surface area contributed by atoms with Crippen molar-refractivity contribution >= 4 is 46.2 Å². The van der Waals surface area contributed by atoms with Gasteiger partial charge in [-0.2, -0.15) is 0 Å². The van der Waals surface area contributed by atoms with Crippen LogP contribution in [-0.4, -0.2) is 64.3 Å². The molecule has 4 aromatic rings. The molecule has 0 saturated heterocycles. The van der Waals surface area contributed by atoms with E-state index in [-0.39, 0.29) is 117 Å². The molecule has 0 unspecified atom stereocenters. The zero-order valence-corrected chi connectivity index (χ0v) is 29.6. The number of hydrogen-bond donors (Lipinski definition) is 0. The minimum absolute atomic E-state index is 0.0655. The Morgan fingerprint density at radius 2 is 0.778 bits per heavy atom. The first-order valence-electron chi connectivity index (χ1n) is 16.6. The first-order valence-corrected chi connectivity index (χ1v) is 16.6. The van der Waals surface area contributed by atoms with Crippen molar-refractivity contribution in [2.75, 3.05) is 39.6 Å². The fourth-order valence-corrected chi connectivity index (χ4v) is 5.70. The van der Waals surface area contributed by atoms with Crippen molar-refractivity contribution < 1.29 is 66.5 Å². The molecule has 0 N–H and O–H groups in total. The second-order valence-corrected chi connectivity index (χ2v) is 10.8. The largest absolute Gasteiger partial charge is 0.514 e. The smallest absolute Gasteiger partial charge is 0.493 e. The van der Waals surface area contributed by atoms with E-state index in [1.165, 1.54) is 24.3 Å². The number of fused-ring (bicyclic) bond motifs is 4. The number of rotatable bonds is 16. The Labute approximate surface area is 308 Å². The fourth-order valence-electron chi connectivity index (χ4n) is 5.70. The topological polar surface area (TPSA) is 161 Å². The number of carbonyl (C=O) groups excluding carboxylic acids is 4. The Bertz CT molecular complexity index is 2220.